The monoisotopic (exact) mass is 239 g/mol. The number of aryl methyl sites for hydroxylation is 1. The molecular weight excluding hydrogens is 230 g/mol. The van der Waals surface area contributed by atoms with Crippen LogP contribution in [-0.2, 0) is 0 Å². The van der Waals surface area contributed by atoms with Crippen LogP contribution in [0.5, 0.6) is 5.75 Å². The lowest BCUT2D eigenvalue weighted by atomic mass is 10.1. The zero-order valence-electron chi connectivity index (χ0n) is 7.81. The lowest BCUT2D eigenvalue weighted by molar-refractivity contribution is 0.410. The number of rotatable bonds is 1. The van der Waals surface area contributed by atoms with Gasteiger partial charge in [-0.15, -0.1) is 0 Å². The number of benzene rings is 1. The van der Waals surface area contributed by atoms with Gasteiger partial charge in [-0.1, -0.05) is 15.9 Å². The molecule has 0 saturated carbocycles. The molecule has 0 saturated heterocycles. The van der Waals surface area contributed by atoms with Crippen molar-refractivity contribution < 1.29 is 4.74 Å². The number of hydrogen-bond acceptors (Lipinski definition) is 2. The summed E-state index contributed by atoms with van der Waals surface area (Å²) in [5.74, 6) is 0.670. The van der Waals surface area contributed by atoms with E-state index in [1.165, 1.54) is 0 Å². The molecule has 0 amide bonds. The molecule has 1 aromatic rings. The molecule has 0 aromatic heterocycles. The van der Waals surface area contributed by atoms with Crippen LogP contribution in [0.15, 0.2) is 10.5 Å². The molecule has 68 valence electrons. The minimum atomic E-state index is 0.606. The van der Waals surface area contributed by atoms with Crippen molar-refractivity contribution in [2.75, 3.05) is 7.11 Å². The largest absolute Gasteiger partial charge is 0.495 e. The van der Waals surface area contributed by atoms with E-state index in [-0.39, 0.29) is 0 Å². The second-order valence-corrected chi connectivity index (χ2v) is 3.67. The Kier molecular flexibility index (Phi) is 2.94. The number of methoxy groups -OCH3 is 1. The van der Waals surface area contributed by atoms with Crippen LogP contribution in [0.25, 0.3) is 0 Å². The van der Waals surface area contributed by atoms with Gasteiger partial charge in [0.2, 0.25) is 0 Å². The predicted molar refractivity (Wildman–Crippen MR) is 54.9 cm³/mol. The highest BCUT2D eigenvalue weighted by molar-refractivity contribution is 9.10. The van der Waals surface area contributed by atoms with E-state index in [0.29, 0.717) is 11.3 Å². The van der Waals surface area contributed by atoms with Gasteiger partial charge in [0.25, 0.3) is 0 Å². The SMILES string of the molecule is COc1c(C)cc(Br)c(C)c1C#N. The predicted octanol–water partition coefficient (Wildman–Crippen LogP) is 2.95. The fourth-order valence-electron chi connectivity index (χ4n) is 1.25. The maximum Gasteiger partial charge on any atom is 0.139 e. The summed E-state index contributed by atoms with van der Waals surface area (Å²) in [6.07, 6.45) is 0. The highest BCUT2D eigenvalue weighted by Gasteiger charge is 2.11. The summed E-state index contributed by atoms with van der Waals surface area (Å²) in [6, 6.07) is 4.09. The third kappa shape index (κ3) is 1.68. The topological polar surface area (TPSA) is 33.0 Å². The molecule has 0 aliphatic heterocycles. The van der Waals surface area contributed by atoms with Crippen LogP contribution in [0, 0.1) is 25.2 Å². The molecule has 0 spiro atoms. The van der Waals surface area contributed by atoms with Gasteiger partial charge in [0.1, 0.15) is 11.8 Å². The van der Waals surface area contributed by atoms with Crippen LogP contribution in [0.4, 0.5) is 0 Å². The molecule has 0 fully saturated rings. The molecule has 0 atom stereocenters. The van der Waals surface area contributed by atoms with Crippen LogP contribution >= 0.6 is 15.9 Å². The molecule has 0 aliphatic rings. The van der Waals surface area contributed by atoms with Gasteiger partial charge in [-0.3, -0.25) is 0 Å². The van der Waals surface area contributed by atoms with E-state index in [1.807, 2.05) is 19.9 Å². The Hall–Kier alpha value is -1.01. The third-order valence-corrected chi connectivity index (χ3v) is 2.80. The molecule has 0 heterocycles. The van der Waals surface area contributed by atoms with Crippen molar-refractivity contribution in [1.29, 1.82) is 5.26 Å². The van der Waals surface area contributed by atoms with Crippen molar-refractivity contribution in [3.8, 4) is 11.8 Å². The Labute approximate surface area is 86.3 Å². The van der Waals surface area contributed by atoms with Crippen LogP contribution < -0.4 is 4.74 Å². The van der Waals surface area contributed by atoms with Gasteiger partial charge in [-0.05, 0) is 31.0 Å². The zero-order valence-corrected chi connectivity index (χ0v) is 9.40. The second kappa shape index (κ2) is 3.80. The first-order chi connectivity index (χ1) is 6.11. The number of hydrogen-bond donors (Lipinski definition) is 0. The Morgan fingerprint density at radius 1 is 1.46 bits per heavy atom. The molecule has 1 rings (SSSR count). The van der Waals surface area contributed by atoms with Crippen molar-refractivity contribution >= 4 is 15.9 Å². The summed E-state index contributed by atoms with van der Waals surface area (Å²) in [5, 5.41) is 8.93. The first kappa shape index (κ1) is 10.1. The van der Waals surface area contributed by atoms with E-state index in [4.69, 9.17) is 10.00 Å². The van der Waals surface area contributed by atoms with Gasteiger partial charge < -0.3 is 4.74 Å². The lowest BCUT2D eigenvalue weighted by Crippen LogP contribution is -1.95. The fourth-order valence-corrected chi connectivity index (χ4v) is 1.79. The molecular formula is C10H10BrNO. The number of halogens is 1. The third-order valence-electron chi connectivity index (χ3n) is 1.98. The second-order valence-electron chi connectivity index (χ2n) is 2.82. The number of nitriles is 1. The molecule has 3 heteroatoms. The standard InChI is InChI=1S/C10H10BrNO/c1-6-4-9(11)7(2)8(5-12)10(6)13-3/h4H,1-3H3. The van der Waals surface area contributed by atoms with E-state index in [2.05, 4.69) is 22.0 Å². The quantitative estimate of drug-likeness (QED) is 0.755. The van der Waals surface area contributed by atoms with Gasteiger partial charge in [-0.25, -0.2) is 0 Å². The summed E-state index contributed by atoms with van der Waals surface area (Å²) in [5.41, 5.74) is 2.50. The van der Waals surface area contributed by atoms with Crippen molar-refractivity contribution in [3.05, 3.63) is 27.2 Å². The van der Waals surface area contributed by atoms with Gasteiger partial charge in [0.15, 0.2) is 0 Å². The minimum Gasteiger partial charge on any atom is -0.495 e. The van der Waals surface area contributed by atoms with E-state index in [0.717, 1.165) is 15.6 Å². The van der Waals surface area contributed by atoms with E-state index in [9.17, 15) is 0 Å². The molecule has 0 aliphatic carbocycles. The maximum atomic E-state index is 8.93. The summed E-state index contributed by atoms with van der Waals surface area (Å²) >= 11 is 3.39. The average molecular weight is 240 g/mol. The average Bonchev–Trinajstić information content (AvgIpc) is 2.10. The zero-order chi connectivity index (χ0) is 10.0. The van der Waals surface area contributed by atoms with Crippen LogP contribution in [0.2, 0.25) is 0 Å². The maximum absolute atomic E-state index is 8.93. The van der Waals surface area contributed by atoms with Gasteiger partial charge >= 0.3 is 0 Å². The molecule has 1 aromatic carbocycles. The fraction of sp³-hybridized carbons (Fsp3) is 0.300. The Bertz CT molecular complexity index is 379. The summed E-state index contributed by atoms with van der Waals surface area (Å²) in [4.78, 5) is 0. The van der Waals surface area contributed by atoms with E-state index in [1.54, 1.807) is 7.11 Å². The van der Waals surface area contributed by atoms with Crippen LogP contribution in [0.3, 0.4) is 0 Å². The summed E-state index contributed by atoms with van der Waals surface area (Å²) in [6.45, 7) is 3.81. The van der Waals surface area contributed by atoms with Crippen LogP contribution in [-0.4, -0.2) is 7.11 Å². The minimum absolute atomic E-state index is 0.606. The first-order valence-corrected chi connectivity index (χ1v) is 4.65. The van der Waals surface area contributed by atoms with Crippen molar-refractivity contribution in [1.82, 2.24) is 0 Å². The molecule has 0 radical (unpaired) electrons. The Balaban J connectivity index is 3.53. The van der Waals surface area contributed by atoms with Crippen molar-refractivity contribution in [2.24, 2.45) is 0 Å². The van der Waals surface area contributed by atoms with E-state index < -0.39 is 0 Å². The van der Waals surface area contributed by atoms with Gasteiger partial charge in [-0.2, -0.15) is 5.26 Å². The summed E-state index contributed by atoms with van der Waals surface area (Å²) < 4.78 is 6.11. The van der Waals surface area contributed by atoms with Crippen LogP contribution in [0.1, 0.15) is 16.7 Å². The van der Waals surface area contributed by atoms with Gasteiger partial charge in [0.05, 0.1) is 12.7 Å². The lowest BCUT2D eigenvalue weighted by Gasteiger charge is -2.10. The molecule has 0 bridgehead atoms. The molecule has 13 heavy (non-hydrogen) atoms. The van der Waals surface area contributed by atoms with Gasteiger partial charge in [0, 0.05) is 4.47 Å². The Morgan fingerprint density at radius 3 is 2.54 bits per heavy atom. The first-order valence-electron chi connectivity index (χ1n) is 3.85. The normalized spacial score (nSPS) is 9.46. The summed E-state index contributed by atoms with van der Waals surface area (Å²) in [7, 11) is 1.58. The molecule has 2 nitrogen and oxygen atoms in total. The highest BCUT2D eigenvalue weighted by atomic mass is 79.9. The molecule has 0 unspecified atom stereocenters. The molecule has 0 N–H and O–H groups in total. The van der Waals surface area contributed by atoms with E-state index >= 15 is 0 Å². The smallest absolute Gasteiger partial charge is 0.139 e. The van der Waals surface area contributed by atoms with Crippen molar-refractivity contribution in [3.63, 3.8) is 0 Å². The number of ether oxygens (including phenoxy) is 1. The Morgan fingerprint density at radius 2 is 2.08 bits per heavy atom. The number of nitrogens with zero attached hydrogens (tertiary/aromatic N) is 1. The van der Waals surface area contributed by atoms with Crippen molar-refractivity contribution in [2.45, 2.75) is 13.8 Å². The highest BCUT2D eigenvalue weighted by Crippen LogP contribution is 2.31.